The van der Waals surface area contributed by atoms with Crippen LogP contribution in [0.3, 0.4) is 0 Å². The Morgan fingerprint density at radius 1 is 1.08 bits per heavy atom. The summed E-state index contributed by atoms with van der Waals surface area (Å²) in [5.74, 6) is 0.136. The molecule has 0 N–H and O–H groups in total. The lowest BCUT2D eigenvalue weighted by Gasteiger charge is -2.34. The van der Waals surface area contributed by atoms with E-state index in [2.05, 4.69) is 23.1 Å². The Balaban J connectivity index is 1.35. The average molecular weight is 384 g/mol. The summed E-state index contributed by atoms with van der Waals surface area (Å²) in [5, 5.41) is 1.15. The van der Waals surface area contributed by atoms with Gasteiger partial charge in [0.15, 0.2) is 0 Å². The molecule has 0 unspecified atom stereocenters. The summed E-state index contributed by atoms with van der Waals surface area (Å²) in [6, 6.07) is 16.2. The fraction of sp³-hybridized carbons (Fsp3) is 0.300. The zero-order valence-corrected chi connectivity index (χ0v) is 16.4. The molecule has 0 aliphatic carbocycles. The predicted octanol–water partition coefficient (Wildman–Crippen LogP) is 3.98. The Hall–Kier alpha value is -1.89. The monoisotopic (exact) mass is 383 g/mol. The number of thiazole rings is 1. The second-order valence-electron chi connectivity index (χ2n) is 6.37. The van der Waals surface area contributed by atoms with Crippen molar-refractivity contribution in [3.05, 3.63) is 59.1 Å². The van der Waals surface area contributed by atoms with E-state index in [4.69, 9.17) is 4.98 Å². The van der Waals surface area contributed by atoms with Crippen molar-refractivity contribution < 1.29 is 4.79 Å². The number of hydrogen-bond acceptors (Lipinski definition) is 5. The number of amides is 1. The molecular formula is C20H21N3OS2. The molecule has 4 rings (SSSR count). The van der Waals surface area contributed by atoms with Gasteiger partial charge in [-0.3, -0.25) is 9.69 Å². The predicted molar refractivity (Wildman–Crippen MR) is 109 cm³/mol. The van der Waals surface area contributed by atoms with Gasteiger partial charge in [-0.1, -0.05) is 12.1 Å². The zero-order valence-electron chi connectivity index (χ0n) is 14.7. The Bertz CT molecular complexity index is 866. The van der Waals surface area contributed by atoms with E-state index in [9.17, 15) is 4.79 Å². The number of hydrogen-bond donors (Lipinski definition) is 0. The van der Waals surface area contributed by atoms with Crippen LogP contribution < -0.4 is 0 Å². The number of fused-ring (bicyclic) bond motifs is 1. The molecule has 1 amide bonds. The van der Waals surface area contributed by atoms with Crippen molar-refractivity contribution in [2.24, 2.45) is 0 Å². The van der Waals surface area contributed by atoms with Crippen LogP contribution in [0.1, 0.15) is 15.4 Å². The van der Waals surface area contributed by atoms with Crippen LogP contribution in [0, 0.1) is 0 Å². The first-order chi connectivity index (χ1) is 12.7. The van der Waals surface area contributed by atoms with Gasteiger partial charge in [-0.05, 0) is 42.7 Å². The maximum atomic E-state index is 12.7. The first-order valence-electron chi connectivity index (χ1n) is 8.73. The fourth-order valence-electron chi connectivity index (χ4n) is 3.20. The summed E-state index contributed by atoms with van der Waals surface area (Å²) >= 11 is 3.45. The van der Waals surface area contributed by atoms with Crippen molar-refractivity contribution in [1.29, 1.82) is 0 Å². The smallest absolute Gasteiger partial charge is 0.253 e. The van der Waals surface area contributed by atoms with Crippen LogP contribution in [0.25, 0.3) is 10.2 Å². The molecule has 0 saturated carbocycles. The Morgan fingerprint density at radius 2 is 1.81 bits per heavy atom. The molecule has 1 aliphatic heterocycles. The highest BCUT2D eigenvalue weighted by Crippen LogP contribution is 2.23. The van der Waals surface area contributed by atoms with E-state index in [0.29, 0.717) is 0 Å². The SMILES string of the molecule is CSc1ccc(C(=O)N2CCN(Cc3nc4ccccc4s3)CC2)cc1. The molecule has 134 valence electrons. The van der Waals surface area contributed by atoms with Gasteiger partial charge < -0.3 is 4.90 Å². The summed E-state index contributed by atoms with van der Waals surface area (Å²) in [4.78, 5) is 22.9. The van der Waals surface area contributed by atoms with Gasteiger partial charge in [0.25, 0.3) is 5.91 Å². The van der Waals surface area contributed by atoms with Gasteiger partial charge in [-0.25, -0.2) is 4.98 Å². The van der Waals surface area contributed by atoms with Crippen molar-refractivity contribution in [3.63, 3.8) is 0 Å². The highest BCUT2D eigenvalue weighted by molar-refractivity contribution is 7.98. The largest absolute Gasteiger partial charge is 0.336 e. The summed E-state index contributed by atoms with van der Waals surface area (Å²) in [5.41, 5.74) is 1.86. The minimum absolute atomic E-state index is 0.136. The zero-order chi connectivity index (χ0) is 17.9. The van der Waals surface area contributed by atoms with Crippen LogP contribution in [0.5, 0.6) is 0 Å². The van der Waals surface area contributed by atoms with Gasteiger partial charge >= 0.3 is 0 Å². The second kappa shape index (κ2) is 7.78. The number of carbonyl (C=O) groups excluding carboxylic acids is 1. The van der Waals surface area contributed by atoms with Crippen molar-refractivity contribution in [3.8, 4) is 0 Å². The maximum Gasteiger partial charge on any atom is 0.253 e. The molecule has 2 aromatic carbocycles. The van der Waals surface area contributed by atoms with E-state index in [0.717, 1.165) is 48.8 Å². The highest BCUT2D eigenvalue weighted by atomic mass is 32.2. The number of carbonyl (C=O) groups is 1. The summed E-state index contributed by atoms with van der Waals surface area (Å²) < 4.78 is 1.24. The van der Waals surface area contributed by atoms with Gasteiger partial charge in [-0.15, -0.1) is 23.1 Å². The lowest BCUT2D eigenvalue weighted by molar-refractivity contribution is 0.0628. The van der Waals surface area contributed by atoms with Crippen molar-refractivity contribution in [2.75, 3.05) is 32.4 Å². The fourth-order valence-corrected chi connectivity index (χ4v) is 4.62. The topological polar surface area (TPSA) is 36.4 Å². The van der Waals surface area contributed by atoms with Gasteiger partial charge in [0.1, 0.15) is 5.01 Å². The molecule has 1 aliphatic rings. The van der Waals surface area contributed by atoms with Crippen molar-refractivity contribution in [2.45, 2.75) is 11.4 Å². The van der Waals surface area contributed by atoms with Gasteiger partial charge in [0, 0.05) is 36.6 Å². The Morgan fingerprint density at radius 3 is 2.50 bits per heavy atom. The molecule has 0 atom stereocenters. The van der Waals surface area contributed by atoms with E-state index in [1.165, 1.54) is 9.60 Å². The molecule has 0 bridgehead atoms. The number of benzene rings is 2. The molecule has 2 heterocycles. The molecule has 1 fully saturated rings. The number of aromatic nitrogens is 1. The highest BCUT2D eigenvalue weighted by Gasteiger charge is 2.22. The quantitative estimate of drug-likeness (QED) is 0.639. The molecule has 1 aromatic heterocycles. The van der Waals surface area contributed by atoms with E-state index >= 15 is 0 Å². The standard InChI is InChI=1S/C20H21N3OS2/c1-25-16-8-6-15(7-9-16)20(24)23-12-10-22(11-13-23)14-19-21-17-4-2-3-5-18(17)26-19/h2-9H,10-14H2,1H3. The summed E-state index contributed by atoms with van der Waals surface area (Å²) in [7, 11) is 0. The molecule has 4 nitrogen and oxygen atoms in total. The third kappa shape index (κ3) is 3.77. The molecule has 0 radical (unpaired) electrons. The lowest BCUT2D eigenvalue weighted by Crippen LogP contribution is -2.48. The van der Waals surface area contributed by atoms with Gasteiger partial charge in [0.05, 0.1) is 16.8 Å². The van der Waals surface area contributed by atoms with Gasteiger partial charge in [-0.2, -0.15) is 0 Å². The minimum atomic E-state index is 0.136. The van der Waals surface area contributed by atoms with E-state index in [1.807, 2.05) is 41.5 Å². The number of piperazine rings is 1. The first kappa shape index (κ1) is 17.5. The lowest BCUT2D eigenvalue weighted by atomic mass is 10.2. The normalized spacial score (nSPS) is 15.5. The third-order valence-electron chi connectivity index (χ3n) is 4.69. The van der Waals surface area contributed by atoms with Crippen LogP contribution in [0.15, 0.2) is 53.4 Å². The van der Waals surface area contributed by atoms with Crippen LogP contribution >= 0.6 is 23.1 Å². The first-order valence-corrected chi connectivity index (χ1v) is 10.8. The molecule has 1 saturated heterocycles. The van der Waals surface area contributed by atoms with E-state index < -0.39 is 0 Å². The van der Waals surface area contributed by atoms with E-state index in [-0.39, 0.29) is 5.91 Å². The van der Waals surface area contributed by atoms with Crippen LogP contribution in [0.4, 0.5) is 0 Å². The number of nitrogens with zero attached hydrogens (tertiary/aromatic N) is 3. The Labute approximate surface area is 161 Å². The van der Waals surface area contributed by atoms with Crippen molar-refractivity contribution in [1.82, 2.24) is 14.8 Å². The number of rotatable bonds is 4. The minimum Gasteiger partial charge on any atom is -0.336 e. The van der Waals surface area contributed by atoms with Gasteiger partial charge in [0.2, 0.25) is 0 Å². The molecular weight excluding hydrogens is 362 g/mol. The molecule has 3 aromatic rings. The van der Waals surface area contributed by atoms with Crippen LogP contribution in [0.2, 0.25) is 0 Å². The van der Waals surface area contributed by atoms with Crippen LogP contribution in [-0.2, 0) is 6.54 Å². The van der Waals surface area contributed by atoms with Crippen molar-refractivity contribution >= 4 is 39.2 Å². The maximum absolute atomic E-state index is 12.7. The molecule has 0 spiro atoms. The summed E-state index contributed by atoms with van der Waals surface area (Å²) in [6.45, 7) is 4.20. The summed E-state index contributed by atoms with van der Waals surface area (Å²) in [6.07, 6.45) is 2.04. The third-order valence-corrected chi connectivity index (χ3v) is 6.46. The molecule has 26 heavy (non-hydrogen) atoms. The molecule has 6 heteroatoms. The van der Waals surface area contributed by atoms with Crippen LogP contribution in [-0.4, -0.2) is 53.1 Å². The van der Waals surface area contributed by atoms with E-state index in [1.54, 1.807) is 23.1 Å². The second-order valence-corrected chi connectivity index (χ2v) is 8.37. The average Bonchev–Trinajstić information content (AvgIpc) is 3.10. The number of para-hydroxylation sites is 1. The Kier molecular flexibility index (Phi) is 5.24. The number of thioether (sulfide) groups is 1.